The summed E-state index contributed by atoms with van der Waals surface area (Å²) in [5.41, 5.74) is 4.02. The highest BCUT2D eigenvalue weighted by Crippen LogP contribution is 2.21. The number of hydrogen-bond donors (Lipinski definition) is 1. The van der Waals surface area contributed by atoms with Crippen LogP contribution in [0.2, 0.25) is 0 Å². The second-order valence-corrected chi connectivity index (χ2v) is 7.05. The lowest BCUT2D eigenvalue weighted by Gasteiger charge is -2.33. The van der Waals surface area contributed by atoms with E-state index in [4.69, 9.17) is 0 Å². The van der Waals surface area contributed by atoms with Crippen LogP contribution < -0.4 is 5.32 Å². The Morgan fingerprint density at radius 2 is 1.73 bits per heavy atom. The molecule has 116 valence electrons. The molecular weight excluding hydrogens is 336 g/mol. The van der Waals surface area contributed by atoms with Gasteiger partial charge in [0.25, 0.3) is 0 Å². The summed E-state index contributed by atoms with van der Waals surface area (Å²) >= 11 is 3.49. The summed E-state index contributed by atoms with van der Waals surface area (Å²) in [5.74, 6) is 0. The third-order valence-corrected chi connectivity index (χ3v) is 4.94. The minimum absolute atomic E-state index is 0.599. The van der Waals surface area contributed by atoms with Crippen molar-refractivity contribution in [1.82, 2.24) is 4.90 Å². The number of benzene rings is 2. The van der Waals surface area contributed by atoms with E-state index in [1.807, 2.05) is 0 Å². The van der Waals surface area contributed by atoms with Gasteiger partial charge in [-0.2, -0.15) is 0 Å². The molecule has 1 aliphatic rings. The number of hydrogen-bond acceptors (Lipinski definition) is 2. The molecule has 1 fully saturated rings. The van der Waals surface area contributed by atoms with Crippen molar-refractivity contribution in [3.05, 3.63) is 64.1 Å². The number of rotatable bonds is 4. The van der Waals surface area contributed by atoms with Gasteiger partial charge in [-0.1, -0.05) is 46.3 Å². The first-order chi connectivity index (χ1) is 10.7. The van der Waals surface area contributed by atoms with Crippen LogP contribution in [0.3, 0.4) is 0 Å². The van der Waals surface area contributed by atoms with E-state index in [1.54, 1.807) is 0 Å². The highest BCUT2D eigenvalue weighted by Gasteiger charge is 2.19. The Kier molecular flexibility index (Phi) is 5.16. The Bertz CT molecular complexity index is 601. The minimum atomic E-state index is 0.599. The second-order valence-electron chi connectivity index (χ2n) is 6.14. The fourth-order valence-electron chi connectivity index (χ4n) is 3.04. The van der Waals surface area contributed by atoms with Gasteiger partial charge in [-0.25, -0.2) is 0 Å². The van der Waals surface area contributed by atoms with Gasteiger partial charge in [0.2, 0.25) is 0 Å². The van der Waals surface area contributed by atoms with Crippen molar-refractivity contribution in [3.8, 4) is 0 Å². The van der Waals surface area contributed by atoms with Crippen molar-refractivity contribution < 1.29 is 0 Å². The number of nitrogens with one attached hydrogen (secondary N) is 1. The summed E-state index contributed by atoms with van der Waals surface area (Å²) in [6, 6.07) is 17.8. The van der Waals surface area contributed by atoms with Crippen molar-refractivity contribution in [2.24, 2.45) is 0 Å². The third-order valence-electron chi connectivity index (χ3n) is 4.41. The summed E-state index contributed by atoms with van der Waals surface area (Å²) in [5, 5.41) is 3.71. The maximum atomic E-state index is 3.71. The number of nitrogens with zero attached hydrogens (tertiary/aromatic N) is 1. The molecule has 1 heterocycles. The van der Waals surface area contributed by atoms with Crippen molar-refractivity contribution in [2.45, 2.75) is 32.4 Å². The lowest BCUT2D eigenvalue weighted by molar-refractivity contribution is 0.211. The zero-order valence-corrected chi connectivity index (χ0v) is 14.6. The first kappa shape index (κ1) is 15.6. The van der Waals surface area contributed by atoms with E-state index in [1.165, 1.54) is 42.7 Å². The van der Waals surface area contributed by atoms with Gasteiger partial charge in [-0.05, 0) is 49.1 Å². The van der Waals surface area contributed by atoms with E-state index in [0.29, 0.717) is 6.04 Å². The molecule has 1 N–H and O–H groups in total. The lowest BCUT2D eigenvalue weighted by Crippen LogP contribution is -2.38. The fourth-order valence-corrected chi connectivity index (χ4v) is 3.30. The average Bonchev–Trinajstić information content (AvgIpc) is 2.54. The second kappa shape index (κ2) is 7.30. The zero-order chi connectivity index (χ0) is 15.4. The Hall–Kier alpha value is -1.32. The van der Waals surface area contributed by atoms with Gasteiger partial charge in [0.1, 0.15) is 0 Å². The molecule has 0 aromatic heterocycles. The topological polar surface area (TPSA) is 15.3 Å². The average molecular weight is 359 g/mol. The molecule has 0 unspecified atom stereocenters. The zero-order valence-electron chi connectivity index (χ0n) is 13.1. The van der Waals surface area contributed by atoms with Crippen LogP contribution in [0.4, 0.5) is 5.69 Å². The van der Waals surface area contributed by atoms with E-state index in [-0.39, 0.29) is 0 Å². The van der Waals surface area contributed by atoms with Crippen molar-refractivity contribution in [2.75, 3.05) is 18.4 Å². The van der Waals surface area contributed by atoms with Crippen LogP contribution in [0, 0.1) is 6.92 Å². The highest BCUT2D eigenvalue weighted by atomic mass is 79.9. The number of piperidine rings is 1. The molecule has 0 amide bonds. The molecule has 1 aliphatic heterocycles. The van der Waals surface area contributed by atoms with E-state index >= 15 is 0 Å². The maximum absolute atomic E-state index is 3.71. The van der Waals surface area contributed by atoms with Gasteiger partial charge in [0, 0.05) is 35.8 Å². The molecule has 2 aromatic carbocycles. The summed E-state index contributed by atoms with van der Waals surface area (Å²) in [7, 11) is 0. The van der Waals surface area contributed by atoms with Gasteiger partial charge < -0.3 is 5.32 Å². The predicted octanol–water partition coefficient (Wildman–Crippen LogP) is 4.83. The SMILES string of the molecule is Cc1ccccc1NC1CCN(Cc2ccc(Br)cc2)CC1. The smallest absolute Gasteiger partial charge is 0.0372 e. The van der Waals surface area contributed by atoms with E-state index in [2.05, 4.69) is 81.6 Å². The highest BCUT2D eigenvalue weighted by molar-refractivity contribution is 9.10. The molecule has 0 aliphatic carbocycles. The van der Waals surface area contributed by atoms with E-state index in [9.17, 15) is 0 Å². The van der Waals surface area contributed by atoms with Gasteiger partial charge in [-0.3, -0.25) is 4.90 Å². The maximum Gasteiger partial charge on any atom is 0.0372 e. The number of anilines is 1. The Balaban J connectivity index is 1.50. The van der Waals surface area contributed by atoms with Crippen LogP contribution in [-0.2, 0) is 6.54 Å². The number of para-hydroxylation sites is 1. The summed E-state index contributed by atoms with van der Waals surface area (Å²) in [6.45, 7) is 5.56. The molecule has 0 atom stereocenters. The Morgan fingerprint density at radius 1 is 1.05 bits per heavy atom. The first-order valence-electron chi connectivity index (χ1n) is 8.00. The predicted molar refractivity (Wildman–Crippen MR) is 97.2 cm³/mol. The van der Waals surface area contributed by atoms with Crippen LogP contribution in [0.25, 0.3) is 0 Å². The number of aryl methyl sites for hydroxylation is 1. The number of halogens is 1. The van der Waals surface area contributed by atoms with Gasteiger partial charge >= 0.3 is 0 Å². The molecule has 0 saturated carbocycles. The quantitative estimate of drug-likeness (QED) is 0.841. The summed E-state index contributed by atoms with van der Waals surface area (Å²) in [4.78, 5) is 2.55. The van der Waals surface area contributed by atoms with Gasteiger partial charge in [0.05, 0.1) is 0 Å². The van der Waals surface area contributed by atoms with E-state index in [0.717, 1.165) is 11.0 Å². The van der Waals surface area contributed by atoms with Crippen LogP contribution in [0.5, 0.6) is 0 Å². The summed E-state index contributed by atoms with van der Waals surface area (Å²) < 4.78 is 1.15. The van der Waals surface area contributed by atoms with Crippen molar-refractivity contribution in [1.29, 1.82) is 0 Å². The largest absolute Gasteiger partial charge is 0.382 e. The van der Waals surface area contributed by atoms with Crippen LogP contribution in [0.15, 0.2) is 53.0 Å². The lowest BCUT2D eigenvalue weighted by atomic mass is 10.0. The first-order valence-corrected chi connectivity index (χ1v) is 8.79. The Labute approximate surface area is 141 Å². The minimum Gasteiger partial charge on any atom is -0.382 e. The van der Waals surface area contributed by atoms with Crippen LogP contribution >= 0.6 is 15.9 Å². The van der Waals surface area contributed by atoms with Gasteiger partial charge in [-0.15, -0.1) is 0 Å². The summed E-state index contributed by atoms with van der Waals surface area (Å²) in [6.07, 6.45) is 2.43. The molecular formula is C19H23BrN2. The molecule has 2 nitrogen and oxygen atoms in total. The molecule has 2 aromatic rings. The Morgan fingerprint density at radius 3 is 2.41 bits per heavy atom. The van der Waals surface area contributed by atoms with Crippen LogP contribution in [-0.4, -0.2) is 24.0 Å². The van der Waals surface area contributed by atoms with Gasteiger partial charge in [0.15, 0.2) is 0 Å². The van der Waals surface area contributed by atoms with Crippen molar-refractivity contribution in [3.63, 3.8) is 0 Å². The normalized spacial score (nSPS) is 16.6. The molecule has 0 bridgehead atoms. The fraction of sp³-hybridized carbons (Fsp3) is 0.368. The molecule has 22 heavy (non-hydrogen) atoms. The molecule has 0 radical (unpaired) electrons. The standard InChI is InChI=1S/C19H23BrN2/c1-15-4-2-3-5-19(15)21-18-10-12-22(13-11-18)14-16-6-8-17(20)9-7-16/h2-9,18,21H,10-14H2,1H3. The van der Waals surface area contributed by atoms with Crippen LogP contribution in [0.1, 0.15) is 24.0 Å². The van der Waals surface area contributed by atoms with Crippen molar-refractivity contribution >= 4 is 21.6 Å². The third kappa shape index (κ3) is 4.11. The number of likely N-dealkylation sites (tertiary alicyclic amines) is 1. The molecule has 1 saturated heterocycles. The van der Waals surface area contributed by atoms with E-state index < -0.39 is 0 Å². The molecule has 0 spiro atoms. The molecule has 3 rings (SSSR count). The monoisotopic (exact) mass is 358 g/mol. The molecule has 3 heteroatoms.